The van der Waals surface area contributed by atoms with Gasteiger partial charge in [-0.3, -0.25) is 4.79 Å². The van der Waals surface area contributed by atoms with E-state index < -0.39 is 0 Å². The molecule has 3 rings (SSSR count). The number of hydrogen-bond donors (Lipinski definition) is 1. The van der Waals surface area contributed by atoms with Crippen molar-refractivity contribution in [2.45, 2.75) is 19.4 Å². The molecule has 0 unspecified atom stereocenters. The fourth-order valence-electron chi connectivity index (χ4n) is 2.64. The number of carbonyl (C=O) groups excluding carboxylic acids is 1. The fraction of sp³-hybridized carbons (Fsp3) is 0.250. The van der Waals surface area contributed by atoms with Gasteiger partial charge in [0.05, 0.1) is 19.8 Å². The largest absolute Gasteiger partial charge is 0.496 e. The van der Waals surface area contributed by atoms with Crippen LogP contribution in [0.5, 0.6) is 11.5 Å². The summed E-state index contributed by atoms with van der Waals surface area (Å²) in [5.74, 6) is 2.08. The van der Waals surface area contributed by atoms with Crippen LogP contribution in [0.2, 0.25) is 0 Å². The smallest absolute Gasteiger partial charge is 0.251 e. The predicted molar refractivity (Wildman–Crippen MR) is 99.4 cm³/mol. The van der Waals surface area contributed by atoms with E-state index in [9.17, 15) is 4.79 Å². The zero-order chi connectivity index (χ0) is 19.1. The van der Waals surface area contributed by atoms with Gasteiger partial charge in [-0.25, -0.2) is 0 Å². The van der Waals surface area contributed by atoms with Gasteiger partial charge in [0, 0.05) is 24.9 Å². The second-order valence-corrected chi connectivity index (χ2v) is 5.79. The van der Waals surface area contributed by atoms with E-state index in [-0.39, 0.29) is 12.3 Å². The van der Waals surface area contributed by atoms with Gasteiger partial charge in [0.25, 0.3) is 5.89 Å². The molecule has 0 fully saturated rings. The summed E-state index contributed by atoms with van der Waals surface area (Å²) in [5.41, 5.74) is 1.64. The van der Waals surface area contributed by atoms with Crippen molar-refractivity contribution < 1.29 is 18.7 Å². The Kier molecular flexibility index (Phi) is 6.04. The second kappa shape index (κ2) is 8.84. The van der Waals surface area contributed by atoms with Crippen molar-refractivity contribution in [3.8, 4) is 23.0 Å². The van der Waals surface area contributed by atoms with E-state index >= 15 is 0 Å². The number of nitrogens with zero attached hydrogens (tertiary/aromatic N) is 2. The molecule has 3 aromatic rings. The number of aryl methyl sites for hydroxylation is 1. The first-order valence-electron chi connectivity index (χ1n) is 8.55. The summed E-state index contributed by atoms with van der Waals surface area (Å²) in [6.45, 7) is 0.402. The number of ether oxygens (including phenoxy) is 2. The Morgan fingerprint density at radius 3 is 2.48 bits per heavy atom. The van der Waals surface area contributed by atoms with Gasteiger partial charge in [-0.15, -0.1) is 10.2 Å². The first-order chi connectivity index (χ1) is 13.2. The average molecular weight is 367 g/mol. The minimum absolute atomic E-state index is 0.0991. The summed E-state index contributed by atoms with van der Waals surface area (Å²) in [4.78, 5) is 12.1. The molecule has 0 bridgehead atoms. The molecule has 0 aliphatic heterocycles. The Balaban J connectivity index is 1.55. The number of aromatic nitrogens is 2. The number of hydrogen-bond acceptors (Lipinski definition) is 6. The third-order valence-electron chi connectivity index (χ3n) is 4.04. The summed E-state index contributed by atoms with van der Waals surface area (Å²) >= 11 is 0. The van der Waals surface area contributed by atoms with E-state index in [0.29, 0.717) is 30.5 Å². The maximum Gasteiger partial charge on any atom is 0.251 e. The van der Waals surface area contributed by atoms with E-state index in [0.717, 1.165) is 16.9 Å². The standard InChI is InChI=1S/C20H21N3O4/c1-25-16-9-5-3-7-14(16)13-21-18(24)11-12-19-22-23-20(27-19)15-8-4-6-10-17(15)26-2/h3-10H,11-13H2,1-2H3,(H,21,24). The topological polar surface area (TPSA) is 86.5 Å². The Morgan fingerprint density at radius 2 is 1.70 bits per heavy atom. The van der Waals surface area contributed by atoms with Crippen LogP contribution in [0.15, 0.2) is 52.9 Å². The molecule has 0 radical (unpaired) electrons. The fourth-order valence-corrected chi connectivity index (χ4v) is 2.64. The quantitative estimate of drug-likeness (QED) is 0.659. The van der Waals surface area contributed by atoms with Gasteiger partial charge in [0.1, 0.15) is 11.5 Å². The monoisotopic (exact) mass is 367 g/mol. The Morgan fingerprint density at radius 1 is 1.00 bits per heavy atom. The van der Waals surface area contributed by atoms with Crippen molar-refractivity contribution in [1.29, 1.82) is 0 Å². The molecule has 0 saturated carbocycles. The van der Waals surface area contributed by atoms with Gasteiger partial charge in [0.15, 0.2) is 0 Å². The van der Waals surface area contributed by atoms with Crippen LogP contribution in [-0.4, -0.2) is 30.3 Å². The Hall–Kier alpha value is -3.35. The van der Waals surface area contributed by atoms with Crippen molar-refractivity contribution in [2.75, 3.05) is 14.2 Å². The Bertz CT molecular complexity index is 908. The van der Waals surface area contributed by atoms with Crippen molar-refractivity contribution in [1.82, 2.24) is 15.5 Å². The van der Waals surface area contributed by atoms with E-state index in [1.54, 1.807) is 14.2 Å². The van der Waals surface area contributed by atoms with Crippen LogP contribution in [0.4, 0.5) is 0 Å². The highest BCUT2D eigenvalue weighted by molar-refractivity contribution is 5.76. The molecule has 1 aromatic heterocycles. The lowest BCUT2D eigenvalue weighted by molar-refractivity contribution is -0.121. The minimum atomic E-state index is -0.0991. The zero-order valence-corrected chi connectivity index (χ0v) is 15.3. The molecular weight excluding hydrogens is 346 g/mol. The average Bonchev–Trinajstić information content (AvgIpc) is 3.19. The lowest BCUT2D eigenvalue weighted by Gasteiger charge is -2.09. The number of carbonyl (C=O) groups is 1. The number of nitrogens with one attached hydrogen (secondary N) is 1. The summed E-state index contributed by atoms with van der Waals surface area (Å²) in [5, 5.41) is 10.9. The van der Waals surface area contributed by atoms with Crippen molar-refractivity contribution >= 4 is 5.91 Å². The maximum atomic E-state index is 12.1. The normalized spacial score (nSPS) is 10.4. The number of para-hydroxylation sites is 2. The van der Waals surface area contributed by atoms with Crippen LogP contribution in [0, 0.1) is 0 Å². The number of benzene rings is 2. The van der Waals surface area contributed by atoms with Gasteiger partial charge in [-0.2, -0.15) is 0 Å². The minimum Gasteiger partial charge on any atom is -0.496 e. The highest BCUT2D eigenvalue weighted by Crippen LogP contribution is 2.28. The van der Waals surface area contributed by atoms with Crippen LogP contribution in [0.25, 0.3) is 11.5 Å². The van der Waals surface area contributed by atoms with Crippen LogP contribution >= 0.6 is 0 Å². The molecule has 0 saturated heterocycles. The third kappa shape index (κ3) is 4.63. The summed E-state index contributed by atoms with van der Waals surface area (Å²) in [7, 11) is 3.19. The lowest BCUT2D eigenvalue weighted by atomic mass is 10.2. The highest BCUT2D eigenvalue weighted by Gasteiger charge is 2.14. The van der Waals surface area contributed by atoms with Crippen LogP contribution in [-0.2, 0) is 17.8 Å². The summed E-state index contributed by atoms with van der Waals surface area (Å²) < 4.78 is 16.2. The van der Waals surface area contributed by atoms with Gasteiger partial charge in [-0.05, 0) is 18.2 Å². The molecule has 2 aromatic carbocycles. The molecule has 27 heavy (non-hydrogen) atoms. The molecule has 140 valence electrons. The van der Waals surface area contributed by atoms with Crippen molar-refractivity contribution in [2.24, 2.45) is 0 Å². The third-order valence-corrected chi connectivity index (χ3v) is 4.04. The van der Waals surface area contributed by atoms with Gasteiger partial charge < -0.3 is 19.2 Å². The Labute approximate surface area is 157 Å². The van der Waals surface area contributed by atoms with Crippen LogP contribution < -0.4 is 14.8 Å². The molecule has 0 spiro atoms. The van der Waals surface area contributed by atoms with Crippen LogP contribution in [0.3, 0.4) is 0 Å². The van der Waals surface area contributed by atoms with E-state index in [1.807, 2.05) is 48.5 Å². The van der Waals surface area contributed by atoms with Crippen molar-refractivity contribution in [3.63, 3.8) is 0 Å². The zero-order valence-electron chi connectivity index (χ0n) is 15.3. The summed E-state index contributed by atoms with van der Waals surface area (Å²) in [6, 6.07) is 15.0. The van der Waals surface area contributed by atoms with Gasteiger partial charge >= 0.3 is 0 Å². The SMILES string of the molecule is COc1ccccc1CNC(=O)CCc1nnc(-c2ccccc2OC)o1. The van der Waals surface area contributed by atoms with Crippen LogP contribution in [0.1, 0.15) is 17.9 Å². The predicted octanol–water partition coefficient (Wildman–Crippen LogP) is 3.00. The molecule has 1 amide bonds. The first kappa shape index (κ1) is 18.4. The van der Waals surface area contributed by atoms with E-state index in [2.05, 4.69) is 15.5 Å². The molecule has 0 aliphatic carbocycles. The molecule has 1 heterocycles. The molecular formula is C20H21N3O4. The first-order valence-corrected chi connectivity index (χ1v) is 8.55. The van der Waals surface area contributed by atoms with E-state index in [1.165, 1.54) is 0 Å². The maximum absolute atomic E-state index is 12.1. The molecule has 0 aliphatic rings. The molecule has 1 N–H and O–H groups in total. The lowest BCUT2D eigenvalue weighted by Crippen LogP contribution is -2.23. The molecule has 7 nitrogen and oxygen atoms in total. The highest BCUT2D eigenvalue weighted by atomic mass is 16.5. The number of amides is 1. The molecule has 7 heteroatoms. The molecule has 0 atom stereocenters. The number of rotatable bonds is 8. The second-order valence-electron chi connectivity index (χ2n) is 5.79. The van der Waals surface area contributed by atoms with E-state index in [4.69, 9.17) is 13.9 Å². The number of methoxy groups -OCH3 is 2. The summed E-state index contributed by atoms with van der Waals surface area (Å²) in [6.07, 6.45) is 0.614. The van der Waals surface area contributed by atoms with Crippen molar-refractivity contribution in [3.05, 3.63) is 60.0 Å². The van der Waals surface area contributed by atoms with Gasteiger partial charge in [0.2, 0.25) is 11.8 Å². The van der Waals surface area contributed by atoms with Gasteiger partial charge in [-0.1, -0.05) is 30.3 Å².